The van der Waals surface area contributed by atoms with Crippen molar-refractivity contribution in [3.63, 3.8) is 0 Å². The Morgan fingerprint density at radius 1 is 0.318 bits per heavy atom. The zero-order chi connectivity index (χ0) is 45.3. The molecule has 9 rings (SSSR count). The zero-order valence-electron chi connectivity index (χ0n) is 36.7. The third kappa shape index (κ3) is 11.9. The molecule has 66 heavy (non-hydrogen) atoms. The molecule has 0 saturated carbocycles. The molecule has 0 N–H and O–H groups in total. The van der Waals surface area contributed by atoms with Crippen molar-refractivity contribution in [3.8, 4) is 71.0 Å². The molecule has 0 saturated heterocycles. The average Bonchev–Trinajstić information content (AvgIpc) is 4.20. The molecule has 0 spiro atoms. The van der Waals surface area contributed by atoms with Crippen LogP contribution in [0.3, 0.4) is 0 Å². The van der Waals surface area contributed by atoms with Gasteiger partial charge in [0.2, 0.25) is 0 Å². The van der Waals surface area contributed by atoms with Crippen molar-refractivity contribution in [2.24, 2.45) is 0 Å². The van der Waals surface area contributed by atoms with E-state index in [9.17, 15) is 0 Å². The lowest BCUT2D eigenvalue weighted by Gasteiger charge is -2.30. The fraction of sp³-hybridized carbons (Fsp3) is 0.333. The molecule has 9 heterocycles. The quantitative estimate of drug-likeness (QED) is 0.161. The van der Waals surface area contributed by atoms with Crippen LogP contribution < -0.4 is 0 Å². The van der Waals surface area contributed by atoms with Gasteiger partial charge >= 0.3 is 0 Å². The molecule has 0 atom stereocenters. The van der Waals surface area contributed by atoms with Gasteiger partial charge in [-0.3, -0.25) is 0 Å². The molecule has 0 fully saturated rings. The minimum absolute atomic E-state index is 0.285. The summed E-state index contributed by atoms with van der Waals surface area (Å²) >= 11 is 10.7. The van der Waals surface area contributed by atoms with E-state index in [2.05, 4.69) is 158 Å². The van der Waals surface area contributed by atoms with Crippen LogP contribution in [0.25, 0.3) is 0 Å². The first-order valence-electron chi connectivity index (χ1n) is 21.5. The van der Waals surface area contributed by atoms with Crippen LogP contribution in [0.5, 0.6) is 0 Å². The fourth-order valence-corrected chi connectivity index (χ4v) is 15.4. The smallest absolute Gasteiger partial charge is 0.109 e. The fourth-order valence-electron chi connectivity index (χ4n) is 7.58. The summed E-state index contributed by atoms with van der Waals surface area (Å²) < 4.78 is 36.2. The highest BCUT2D eigenvalue weighted by Crippen LogP contribution is 2.51. The number of rotatable bonds is 2. The van der Waals surface area contributed by atoms with Crippen molar-refractivity contribution in [2.75, 3.05) is 39.6 Å². The highest BCUT2D eigenvalue weighted by Gasteiger charge is 2.40. The van der Waals surface area contributed by atoms with Crippen LogP contribution in [-0.4, -0.2) is 39.6 Å². The molecule has 334 valence electrons. The summed E-state index contributed by atoms with van der Waals surface area (Å²) in [5.74, 6) is 35.9. The molecule has 0 radical (unpaired) electrons. The minimum atomic E-state index is -0.363. The molecule has 3 aliphatic heterocycles. The first kappa shape index (κ1) is 47.8. The van der Waals surface area contributed by atoms with Crippen LogP contribution in [0, 0.1) is 71.0 Å². The van der Waals surface area contributed by atoms with E-state index >= 15 is 0 Å². The van der Waals surface area contributed by atoms with Crippen LogP contribution in [0.2, 0.25) is 0 Å². The maximum absolute atomic E-state index is 6.03. The van der Waals surface area contributed by atoms with Crippen molar-refractivity contribution in [1.82, 2.24) is 0 Å². The van der Waals surface area contributed by atoms with Gasteiger partial charge in [-0.15, -0.1) is 68.0 Å². The van der Waals surface area contributed by atoms with E-state index in [1.807, 2.05) is 0 Å². The lowest BCUT2D eigenvalue weighted by Crippen LogP contribution is -2.25. The number of hydrogen-bond acceptors (Lipinski definition) is 12. The van der Waals surface area contributed by atoms with Crippen LogP contribution in [0.15, 0.2) is 72.8 Å². The molecule has 14 bridgehead atoms. The molecule has 0 unspecified atom stereocenters. The molecule has 6 aromatic rings. The summed E-state index contributed by atoms with van der Waals surface area (Å²) in [5.41, 5.74) is -0.725. The third-order valence-electron chi connectivity index (χ3n) is 10.8. The monoisotopic (exact) mass is 982 g/mol. The molecule has 12 heteroatoms. The Kier molecular flexibility index (Phi) is 17.7. The van der Waals surface area contributed by atoms with Gasteiger partial charge in [0.05, 0.1) is 50.5 Å². The molecule has 0 aliphatic carbocycles. The Balaban J connectivity index is 1.12. The standard InChI is InChI=1S/C54H46O6S6/c1-3-53-47-23-17-41(61-47)35-55-29-11-5-8-14-32-58-38-44-20-26-50(64-44)54(4-2,51-27-21-45(65-51)39-59-33-15-9-6-12-30-56-36-42-18-24-48(53)62-42)52-28-22-46(66-52)40-60-34-16-10-7-13-31-57-37-43-19-25-49(53)63-43/h17-28H,3-4,29-40H2,1-2H3. The van der Waals surface area contributed by atoms with E-state index in [1.54, 1.807) is 68.0 Å². The van der Waals surface area contributed by atoms with Crippen molar-refractivity contribution in [3.05, 3.63) is 131 Å². The van der Waals surface area contributed by atoms with Crippen LogP contribution in [-0.2, 0) is 78.9 Å². The summed E-state index contributed by atoms with van der Waals surface area (Å²) in [7, 11) is 0. The van der Waals surface area contributed by atoms with E-state index < -0.39 is 0 Å². The summed E-state index contributed by atoms with van der Waals surface area (Å²) in [5, 5.41) is 0. The van der Waals surface area contributed by atoms with Gasteiger partial charge in [0.15, 0.2) is 0 Å². The second-order valence-electron chi connectivity index (χ2n) is 14.9. The average molecular weight is 983 g/mol. The van der Waals surface area contributed by atoms with E-state index in [1.165, 1.54) is 29.3 Å². The third-order valence-corrected chi connectivity index (χ3v) is 18.1. The highest BCUT2D eigenvalue weighted by atomic mass is 32.1. The second-order valence-corrected chi connectivity index (χ2v) is 21.9. The number of ether oxygens (including phenoxy) is 6. The summed E-state index contributed by atoms with van der Waals surface area (Å²) in [6.07, 6.45) is 1.73. The Morgan fingerprint density at radius 3 is 0.667 bits per heavy atom. The van der Waals surface area contributed by atoms with Gasteiger partial charge in [-0.05, 0) is 121 Å². The molecule has 0 aromatic carbocycles. The predicted octanol–water partition coefficient (Wildman–Crippen LogP) is 11.4. The molecular formula is C54H46O6S6. The lowest BCUT2D eigenvalue weighted by atomic mass is 9.80. The zero-order valence-corrected chi connectivity index (χ0v) is 41.6. The summed E-state index contributed by atoms with van der Waals surface area (Å²) in [6, 6.07) is 26.5. The maximum Gasteiger partial charge on any atom is 0.109 e. The van der Waals surface area contributed by atoms with E-state index in [0.717, 1.165) is 42.1 Å². The first-order valence-corrected chi connectivity index (χ1v) is 26.4. The second kappa shape index (κ2) is 24.4. The van der Waals surface area contributed by atoms with Crippen LogP contribution in [0.4, 0.5) is 0 Å². The molecule has 0 amide bonds. The van der Waals surface area contributed by atoms with Gasteiger partial charge in [-0.2, -0.15) is 0 Å². The lowest BCUT2D eigenvalue weighted by molar-refractivity contribution is 0.155. The van der Waals surface area contributed by atoms with Gasteiger partial charge in [0.25, 0.3) is 0 Å². The Bertz CT molecular complexity index is 2440. The summed E-state index contributed by atoms with van der Waals surface area (Å²) in [4.78, 5) is 14.3. The van der Waals surface area contributed by atoms with E-state index in [0.29, 0.717) is 39.6 Å². The number of fused-ring (bicyclic) bond motifs is 21. The van der Waals surface area contributed by atoms with Crippen molar-refractivity contribution < 1.29 is 28.4 Å². The van der Waals surface area contributed by atoms with Crippen LogP contribution >= 0.6 is 68.0 Å². The van der Waals surface area contributed by atoms with Gasteiger partial charge in [0, 0.05) is 58.5 Å². The molecule has 3 aliphatic rings. The maximum atomic E-state index is 6.03. The topological polar surface area (TPSA) is 55.4 Å². The van der Waals surface area contributed by atoms with Crippen LogP contribution in [0.1, 0.15) is 85.2 Å². The van der Waals surface area contributed by atoms with Crippen molar-refractivity contribution >= 4 is 68.0 Å². The SMILES string of the molecule is CCC12c3ccc(s3)COCC#CC#CCOCc3ccc(s3)C(CC)(c3ccc(s3)COCC#CC#CCOCc3ccc1s3)c1ccc(s1)COCC#CC#CCOCc1ccc2s1. The molecule has 6 nitrogen and oxygen atoms in total. The van der Waals surface area contributed by atoms with Gasteiger partial charge in [-0.1, -0.05) is 49.4 Å². The van der Waals surface area contributed by atoms with Crippen molar-refractivity contribution in [1.29, 1.82) is 0 Å². The Hall–Kier alpha value is -4.68. The molecular weight excluding hydrogens is 937 g/mol. The Morgan fingerprint density at radius 2 is 0.500 bits per heavy atom. The van der Waals surface area contributed by atoms with Gasteiger partial charge in [0.1, 0.15) is 39.6 Å². The van der Waals surface area contributed by atoms with E-state index in [-0.39, 0.29) is 50.5 Å². The minimum Gasteiger partial charge on any atom is -0.363 e. The number of hydrogen-bond donors (Lipinski definition) is 0. The largest absolute Gasteiger partial charge is 0.363 e. The van der Waals surface area contributed by atoms with Gasteiger partial charge < -0.3 is 28.4 Å². The van der Waals surface area contributed by atoms with Crippen molar-refractivity contribution in [2.45, 2.75) is 77.2 Å². The normalized spacial score (nSPS) is 19.7. The van der Waals surface area contributed by atoms with E-state index in [4.69, 9.17) is 28.4 Å². The highest BCUT2D eigenvalue weighted by molar-refractivity contribution is 7.16. The summed E-state index contributed by atoms with van der Waals surface area (Å²) in [6.45, 7) is 8.99. The van der Waals surface area contributed by atoms with Gasteiger partial charge in [-0.25, -0.2) is 0 Å². The molecule has 6 aromatic heterocycles. The Labute approximate surface area is 412 Å². The first-order chi connectivity index (χ1) is 32.6. The predicted molar refractivity (Wildman–Crippen MR) is 271 cm³/mol. The number of thiophene rings is 6.